The summed E-state index contributed by atoms with van der Waals surface area (Å²) in [4.78, 5) is 2.56. The van der Waals surface area contributed by atoms with Crippen molar-refractivity contribution in [2.24, 2.45) is 5.92 Å². The largest absolute Gasteiger partial charge is 0.377 e. The van der Waals surface area contributed by atoms with Crippen molar-refractivity contribution < 1.29 is 4.74 Å². The standard InChI is InChI=1S/C15H30N2O/c1-2-18-15-8-5-10-17(13-15)11-9-16-12-14-6-3-4-7-14/h14-16H,2-13H2,1H3. The lowest BCUT2D eigenvalue weighted by Crippen LogP contribution is -2.43. The lowest BCUT2D eigenvalue weighted by Gasteiger charge is -2.32. The third kappa shape index (κ3) is 4.87. The molecule has 1 aliphatic heterocycles. The lowest BCUT2D eigenvalue weighted by atomic mass is 10.1. The molecule has 3 heteroatoms. The summed E-state index contributed by atoms with van der Waals surface area (Å²) in [5, 5.41) is 3.64. The Kier molecular flexibility index (Phi) is 6.46. The van der Waals surface area contributed by atoms with Crippen LogP contribution in [0, 0.1) is 5.92 Å². The van der Waals surface area contributed by atoms with Crippen LogP contribution in [0.4, 0.5) is 0 Å². The van der Waals surface area contributed by atoms with E-state index in [2.05, 4.69) is 17.1 Å². The number of piperidine rings is 1. The molecule has 1 heterocycles. The van der Waals surface area contributed by atoms with Gasteiger partial charge in [-0.05, 0) is 51.6 Å². The summed E-state index contributed by atoms with van der Waals surface area (Å²) in [6, 6.07) is 0. The minimum Gasteiger partial charge on any atom is -0.377 e. The van der Waals surface area contributed by atoms with Crippen LogP contribution in [0.2, 0.25) is 0 Å². The third-order valence-electron chi connectivity index (χ3n) is 4.38. The Bertz CT molecular complexity index is 215. The molecule has 0 radical (unpaired) electrons. The Balaban J connectivity index is 1.52. The van der Waals surface area contributed by atoms with Crippen LogP contribution in [0.15, 0.2) is 0 Å². The summed E-state index contributed by atoms with van der Waals surface area (Å²) in [7, 11) is 0. The van der Waals surface area contributed by atoms with Crippen molar-refractivity contribution >= 4 is 0 Å². The van der Waals surface area contributed by atoms with Gasteiger partial charge in [0.1, 0.15) is 0 Å². The van der Waals surface area contributed by atoms with E-state index in [1.807, 2.05) is 0 Å². The van der Waals surface area contributed by atoms with Gasteiger partial charge in [0.25, 0.3) is 0 Å². The van der Waals surface area contributed by atoms with E-state index in [9.17, 15) is 0 Å². The average Bonchev–Trinajstić information content (AvgIpc) is 2.89. The molecule has 106 valence electrons. The summed E-state index contributed by atoms with van der Waals surface area (Å²) >= 11 is 0. The summed E-state index contributed by atoms with van der Waals surface area (Å²) in [6.07, 6.45) is 8.83. The second-order valence-corrected chi connectivity index (χ2v) is 5.87. The molecule has 0 bridgehead atoms. The average molecular weight is 254 g/mol. The summed E-state index contributed by atoms with van der Waals surface area (Å²) in [6.45, 7) is 8.93. The van der Waals surface area contributed by atoms with Gasteiger partial charge in [0.15, 0.2) is 0 Å². The lowest BCUT2D eigenvalue weighted by molar-refractivity contribution is 0.00632. The first-order valence-corrected chi connectivity index (χ1v) is 7.93. The number of hydrogen-bond acceptors (Lipinski definition) is 3. The predicted octanol–water partition coefficient (Wildman–Crippen LogP) is 2.27. The molecule has 18 heavy (non-hydrogen) atoms. The first-order valence-electron chi connectivity index (χ1n) is 7.93. The van der Waals surface area contributed by atoms with Crippen molar-refractivity contribution in [3.05, 3.63) is 0 Å². The molecule has 1 N–H and O–H groups in total. The molecule has 2 rings (SSSR count). The fraction of sp³-hybridized carbons (Fsp3) is 1.00. The SMILES string of the molecule is CCOC1CCCN(CCNCC2CCCC2)C1. The topological polar surface area (TPSA) is 24.5 Å². The van der Waals surface area contributed by atoms with Crippen LogP contribution in [-0.2, 0) is 4.74 Å². The van der Waals surface area contributed by atoms with E-state index in [-0.39, 0.29) is 0 Å². The fourth-order valence-corrected chi connectivity index (χ4v) is 3.35. The van der Waals surface area contributed by atoms with E-state index in [0.29, 0.717) is 6.10 Å². The molecule has 0 aromatic carbocycles. The zero-order valence-electron chi connectivity index (χ0n) is 12.0. The number of nitrogens with one attached hydrogen (secondary N) is 1. The summed E-state index contributed by atoms with van der Waals surface area (Å²) in [5.41, 5.74) is 0. The van der Waals surface area contributed by atoms with Gasteiger partial charge in [-0.25, -0.2) is 0 Å². The fourth-order valence-electron chi connectivity index (χ4n) is 3.35. The predicted molar refractivity (Wildman–Crippen MR) is 75.9 cm³/mol. The Morgan fingerprint density at radius 1 is 1.17 bits per heavy atom. The van der Waals surface area contributed by atoms with Crippen LogP contribution < -0.4 is 5.32 Å². The summed E-state index contributed by atoms with van der Waals surface area (Å²) < 4.78 is 5.74. The zero-order chi connectivity index (χ0) is 12.6. The first kappa shape index (κ1) is 14.3. The minimum absolute atomic E-state index is 0.485. The van der Waals surface area contributed by atoms with Gasteiger partial charge in [-0.1, -0.05) is 12.8 Å². The highest BCUT2D eigenvalue weighted by molar-refractivity contribution is 4.74. The maximum Gasteiger partial charge on any atom is 0.0702 e. The van der Waals surface area contributed by atoms with Gasteiger partial charge in [0, 0.05) is 26.2 Å². The first-order chi connectivity index (χ1) is 8.88. The normalized spacial score (nSPS) is 26.8. The summed E-state index contributed by atoms with van der Waals surface area (Å²) in [5.74, 6) is 0.961. The molecular weight excluding hydrogens is 224 g/mol. The van der Waals surface area contributed by atoms with Gasteiger partial charge >= 0.3 is 0 Å². The number of hydrogen-bond donors (Lipinski definition) is 1. The van der Waals surface area contributed by atoms with Gasteiger partial charge in [-0.3, -0.25) is 4.90 Å². The van der Waals surface area contributed by atoms with Gasteiger partial charge < -0.3 is 10.1 Å². The van der Waals surface area contributed by atoms with Crippen LogP contribution in [0.1, 0.15) is 45.4 Å². The Morgan fingerprint density at radius 2 is 2.00 bits per heavy atom. The van der Waals surface area contributed by atoms with E-state index in [4.69, 9.17) is 4.74 Å². The quantitative estimate of drug-likeness (QED) is 0.705. The van der Waals surface area contributed by atoms with E-state index in [0.717, 1.165) is 25.6 Å². The highest BCUT2D eigenvalue weighted by atomic mass is 16.5. The van der Waals surface area contributed by atoms with Crippen molar-refractivity contribution in [3.8, 4) is 0 Å². The molecule has 3 nitrogen and oxygen atoms in total. The van der Waals surface area contributed by atoms with Gasteiger partial charge in [0.05, 0.1) is 6.10 Å². The van der Waals surface area contributed by atoms with Crippen molar-refractivity contribution in [2.75, 3.05) is 39.3 Å². The van der Waals surface area contributed by atoms with Crippen LogP contribution in [0.25, 0.3) is 0 Å². The molecule has 2 aliphatic rings. The monoisotopic (exact) mass is 254 g/mol. The molecule has 0 spiro atoms. The minimum atomic E-state index is 0.485. The van der Waals surface area contributed by atoms with E-state index in [1.54, 1.807) is 0 Å². The highest BCUT2D eigenvalue weighted by Crippen LogP contribution is 2.23. The molecule has 0 aromatic heterocycles. The molecule has 1 saturated heterocycles. The molecule has 1 aliphatic carbocycles. The van der Waals surface area contributed by atoms with Crippen molar-refractivity contribution in [1.29, 1.82) is 0 Å². The molecule has 1 unspecified atom stereocenters. The number of ether oxygens (including phenoxy) is 1. The molecule has 0 amide bonds. The van der Waals surface area contributed by atoms with Gasteiger partial charge in [-0.2, -0.15) is 0 Å². The van der Waals surface area contributed by atoms with Crippen molar-refractivity contribution in [2.45, 2.75) is 51.6 Å². The maximum absolute atomic E-state index is 5.74. The molecular formula is C15H30N2O. The second-order valence-electron chi connectivity index (χ2n) is 5.87. The Morgan fingerprint density at radius 3 is 2.78 bits per heavy atom. The molecule has 2 fully saturated rings. The zero-order valence-corrected chi connectivity index (χ0v) is 12.0. The van der Waals surface area contributed by atoms with Crippen molar-refractivity contribution in [1.82, 2.24) is 10.2 Å². The maximum atomic E-state index is 5.74. The van der Waals surface area contributed by atoms with Crippen LogP contribution in [0.5, 0.6) is 0 Å². The number of nitrogens with zero attached hydrogens (tertiary/aromatic N) is 1. The van der Waals surface area contributed by atoms with E-state index in [1.165, 1.54) is 58.2 Å². The second kappa shape index (κ2) is 8.13. The smallest absolute Gasteiger partial charge is 0.0702 e. The highest BCUT2D eigenvalue weighted by Gasteiger charge is 2.19. The molecule has 0 aromatic rings. The molecule has 1 atom stereocenters. The van der Waals surface area contributed by atoms with Gasteiger partial charge in [-0.15, -0.1) is 0 Å². The van der Waals surface area contributed by atoms with Crippen LogP contribution in [-0.4, -0.2) is 50.3 Å². The van der Waals surface area contributed by atoms with E-state index < -0.39 is 0 Å². The third-order valence-corrected chi connectivity index (χ3v) is 4.38. The number of likely N-dealkylation sites (tertiary alicyclic amines) is 1. The number of rotatable bonds is 7. The van der Waals surface area contributed by atoms with Crippen LogP contribution in [0.3, 0.4) is 0 Å². The Labute approximate surface area is 112 Å². The van der Waals surface area contributed by atoms with Gasteiger partial charge in [0.2, 0.25) is 0 Å². The van der Waals surface area contributed by atoms with E-state index >= 15 is 0 Å². The van der Waals surface area contributed by atoms with Crippen LogP contribution >= 0.6 is 0 Å². The Hall–Kier alpha value is -0.120. The molecule has 1 saturated carbocycles. The van der Waals surface area contributed by atoms with Crippen molar-refractivity contribution in [3.63, 3.8) is 0 Å².